The van der Waals surface area contributed by atoms with Crippen LogP contribution in [0.25, 0.3) is 16.7 Å². The van der Waals surface area contributed by atoms with E-state index in [4.69, 9.17) is 4.98 Å². The number of hydrogen-bond donors (Lipinski definition) is 1. The van der Waals surface area contributed by atoms with Crippen molar-refractivity contribution in [3.05, 3.63) is 70.0 Å². The predicted molar refractivity (Wildman–Crippen MR) is 117 cm³/mol. The summed E-state index contributed by atoms with van der Waals surface area (Å²) in [6, 6.07) is 8.47. The van der Waals surface area contributed by atoms with Crippen LogP contribution in [0.2, 0.25) is 0 Å². The Morgan fingerprint density at radius 2 is 2.00 bits per heavy atom. The van der Waals surface area contributed by atoms with Crippen LogP contribution >= 0.6 is 15.9 Å². The van der Waals surface area contributed by atoms with Crippen molar-refractivity contribution in [3.63, 3.8) is 0 Å². The third kappa shape index (κ3) is 3.23. The Labute approximate surface area is 186 Å². The van der Waals surface area contributed by atoms with E-state index in [-0.39, 0.29) is 11.7 Å². The molecule has 31 heavy (non-hydrogen) atoms. The van der Waals surface area contributed by atoms with E-state index in [0.29, 0.717) is 39.1 Å². The van der Waals surface area contributed by atoms with Crippen LogP contribution in [0.15, 0.2) is 47.2 Å². The van der Waals surface area contributed by atoms with Gasteiger partial charge in [-0.05, 0) is 66.9 Å². The number of benzene rings is 2. The summed E-state index contributed by atoms with van der Waals surface area (Å²) < 4.78 is 14.4. The van der Waals surface area contributed by atoms with Crippen LogP contribution in [0.4, 0.5) is 4.39 Å². The lowest BCUT2D eigenvalue weighted by Crippen LogP contribution is -2.44. The number of amides is 1. The molecule has 4 aromatic rings. The molecule has 0 radical (unpaired) electrons. The minimum Gasteiger partial charge on any atom is -0.340 e. The van der Waals surface area contributed by atoms with Crippen molar-refractivity contribution in [3.8, 4) is 5.69 Å². The number of rotatable bonds is 3. The lowest BCUT2D eigenvalue weighted by atomic mass is 9.96. The lowest BCUT2D eigenvalue weighted by molar-refractivity contribution is 0.0605. The fourth-order valence-corrected chi connectivity index (χ4v) is 4.83. The van der Waals surface area contributed by atoms with Gasteiger partial charge in [0.2, 0.25) is 0 Å². The molecule has 9 heteroatoms. The Bertz CT molecular complexity index is 1300. The second-order valence-corrected chi connectivity index (χ2v) is 8.90. The molecule has 1 saturated heterocycles. The molecular formula is C22H20BrFN6O. The number of aromatic amines is 1. The van der Waals surface area contributed by atoms with Gasteiger partial charge in [-0.15, -0.1) is 0 Å². The molecule has 2 aromatic carbocycles. The molecule has 1 amide bonds. The van der Waals surface area contributed by atoms with Gasteiger partial charge in [-0.1, -0.05) is 11.6 Å². The molecule has 1 aliphatic rings. The number of aromatic nitrogens is 5. The number of nitrogens with one attached hydrogen (secondary N) is 1. The zero-order valence-corrected chi connectivity index (χ0v) is 18.6. The molecule has 158 valence electrons. The molecule has 0 spiro atoms. The molecule has 0 unspecified atom stereocenters. The average Bonchev–Trinajstić information content (AvgIpc) is 3.47. The summed E-state index contributed by atoms with van der Waals surface area (Å²) in [6.07, 6.45) is 4.76. The SMILES string of the molecule is Cc1ccc(-n2nccn2)c(C(=O)N2CCC[C@@]2(C)c2nc3c(Br)cc(F)cc3[nH]2)c1. The first-order valence-corrected chi connectivity index (χ1v) is 10.8. The van der Waals surface area contributed by atoms with Gasteiger partial charge in [-0.2, -0.15) is 15.0 Å². The maximum atomic E-state index is 13.9. The van der Waals surface area contributed by atoms with E-state index in [9.17, 15) is 9.18 Å². The molecule has 1 N–H and O–H groups in total. The van der Waals surface area contributed by atoms with E-state index >= 15 is 0 Å². The zero-order chi connectivity index (χ0) is 21.8. The summed E-state index contributed by atoms with van der Waals surface area (Å²) in [6.45, 7) is 4.55. The highest BCUT2D eigenvalue weighted by molar-refractivity contribution is 9.10. The Balaban J connectivity index is 1.59. The van der Waals surface area contributed by atoms with Crippen molar-refractivity contribution >= 4 is 32.9 Å². The van der Waals surface area contributed by atoms with E-state index in [0.717, 1.165) is 18.4 Å². The molecular weight excluding hydrogens is 463 g/mol. The maximum Gasteiger partial charge on any atom is 0.256 e. The highest BCUT2D eigenvalue weighted by Gasteiger charge is 2.44. The van der Waals surface area contributed by atoms with Gasteiger partial charge in [-0.3, -0.25) is 4.79 Å². The van der Waals surface area contributed by atoms with Crippen LogP contribution in [-0.4, -0.2) is 42.3 Å². The van der Waals surface area contributed by atoms with E-state index in [2.05, 4.69) is 31.1 Å². The molecule has 1 aliphatic heterocycles. The second kappa shape index (κ2) is 7.26. The number of aryl methyl sites for hydroxylation is 1. The Hall–Kier alpha value is -3.07. The fraction of sp³-hybridized carbons (Fsp3) is 0.273. The number of imidazole rings is 1. The quantitative estimate of drug-likeness (QED) is 0.465. The Morgan fingerprint density at radius 3 is 2.77 bits per heavy atom. The monoisotopic (exact) mass is 482 g/mol. The standard InChI is InChI=1S/C22H20BrFN6O/c1-13-4-5-18(30-25-7-8-26-30)15(10-13)20(31)29-9-3-6-22(29,2)21-27-17-12-14(24)11-16(23)19(17)28-21/h4-5,7-8,10-12H,3,6,9H2,1-2H3,(H,27,28)/t22-/m0/s1. The lowest BCUT2D eigenvalue weighted by Gasteiger charge is -2.34. The van der Waals surface area contributed by atoms with Crippen LogP contribution in [0.5, 0.6) is 0 Å². The van der Waals surface area contributed by atoms with Crippen molar-refractivity contribution in [1.29, 1.82) is 0 Å². The minimum atomic E-state index is -0.648. The summed E-state index contributed by atoms with van der Waals surface area (Å²) in [5, 5.41) is 8.41. The highest BCUT2D eigenvalue weighted by atomic mass is 79.9. The molecule has 5 rings (SSSR count). The van der Waals surface area contributed by atoms with Crippen molar-refractivity contribution in [2.75, 3.05) is 6.54 Å². The summed E-state index contributed by atoms with van der Waals surface area (Å²) >= 11 is 3.39. The number of fused-ring (bicyclic) bond motifs is 1. The number of halogens is 2. The van der Waals surface area contributed by atoms with Crippen molar-refractivity contribution < 1.29 is 9.18 Å². The van der Waals surface area contributed by atoms with Gasteiger partial charge in [0.25, 0.3) is 5.91 Å². The Morgan fingerprint density at radius 1 is 1.23 bits per heavy atom. The molecule has 0 saturated carbocycles. The van der Waals surface area contributed by atoms with Crippen molar-refractivity contribution in [2.24, 2.45) is 0 Å². The van der Waals surface area contributed by atoms with Crippen molar-refractivity contribution in [2.45, 2.75) is 32.2 Å². The van der Waals surface area contributed by atoms with Gasteiger partial charge in [0.1, 0.15) is 17.2 Å². The smallest absolute Gasteiger partial charge is 0.256 e. The van der Waals surface area contributed by atoms with Crippen molar-refractivity contribution in [1.82, 2.24) is 29.9 Å². The third-order valence-corrected chi connectivity index (χ3v) is 6.52. The van der Waals surface area contributed by atoms with Gasteiger partial charge in [-0.25, -0.2) is 9.37 Å². The van der Waals surface area contributed by atoms with E-state index in [1.807, 2.05) is 36.9 Å². The fourth-order valence-electron chi connectivity index (χ4n) is 4.31. The van der Waals surface area contributed by atoms with Gasteiger partial charge < -0.3 is 9.88 Å². The minimum absolute atomic E-state index is 0.110. The molecule has 2 aromatic heterocycles. The van der Waals surface area contributed by atoms with E-state index in [1.54, 1.807) is 12.4 Å². The van der Waals surface area contributed by atoms with Gasteiger partial charge >= 0.3 is 0 Å². The number of nitrogens with zero attached hydrogens (tertiary/aromatic N) is 5. The largest absolute Gasteiger partial charge is 0.340 e. The summed E-state index contributed by atoms with van der Waals surface area (Å²) in [7, 11) is 0. The molecule has 1 atom stereocenters. The van der Waals surface area contributed by atoms with E-state index < -0.39 is 5.54 Å². The molecule has 3 heterocycles. The number of carbonyl (C=O) groups excluding carboxylic acids is 1. The highest BCUT2D eigenvalue weighted by Crippen LogP contribution is 2.40. The van der Waals surface area contributed by atoms with Crippen LogP contribution in [0.1, 0.15) is 41.5 Å². The molecule has 0 aliphatic carbocycles. The normalized spacial score (nSPS) is 18.8. The van der Waals surface area contributed by atoms with Gasteiger partial charge in [0.05, 0.1) is 34.7 Å². The average molecular weight is 483 g/mol. The first kappa shape index (κ1) is 19.9. The summed E-state index contributed by atoms with van der Waals surface area (Å²) in [4.78, 5) is 25.1. The third-order valence-electron chi connectivity index (χ3n) is 5.92. The van der Waals surface area contributed by atoms with Crippen LogP contribution in [0.3, 0.4) is 0 Å². The number of carbonyl (C=O) groups is 1. The predicted octanol–water partition coefficient (Wildman–Crippen LogP) is 4.51. The first-order valence-electron chi connectivity index (χ1n) is 10.0. The van der Waals surface area contributed by atoms with Gasteiger partial charge in [0.15, 0.2) is 0 Å². The summed E-state index contributed by atoms with van der Waals surface area (Å²) in [5.41, 5.74) is 2.73. The molecule has 7 nitrogen and oxygen atoms in total. The van der Waals surface area contributed by atoms with Crippen LogP contribution < -0.4 is 0 Å². The van der Waals surface area contributed by atoms with Crippen LogP contribution in [-0.2, 0) is 5.54 Å². The molecule has 0 bridgehead atoms. The summed E-state index contributed by atoms with van der Waals surface area (Å²) in [5.74, 6) is 0.183. The number of H-pyrrole nitrogens is 1. The van der Waals surface area contributed by atoms with Crippen LogP contribution in [0, 0.1) is 12.7 Å². The topological polar surface area (TPSA) is 79.7 Å². The Kier molecular flexibility index (Phi) is 4.65. The molecule has 1 fully saturated rings. The zero-order valence-electron chi connectivity index (χ0n) is 17.1. The van der Waals surface area contributed by atoms with Gasteiger partial charge in [0, 0.05) is 11.0 Å². The number of likely N-dealkylation sites (tertiary alicyclic amines) is 1. The second-order valence-electron chi connectivity index (χ2n) is 8.04. The first-order chi connectivity index (χ1) is 14.9. The maximum absolute atomic E-state index is 13.9. The number of hydrogen-bond acceptors (Lipinski definition) is 4. The van der Waals surface area contributed by atoms with E-state index in [1.165, 1.54) is 16.9 Å².